The second-order valence-electron chi connectivity index (χ2n) is 3.40. The fourth-order valence-electron chi connectivity index (χ4n) is 1.32. The number of hydrogen-bond donors (Lipinski definition) is 2. The van der Waals surface area contributed by atoms with Crippen LogP contribution < -0.4 is 11.1 Å². The molecule has 1 heterocycles. The summed E-state index contributed by atoms with van der Waals surface area (Å²) in [7, 11) is 0. The zero-order valence-corrected chi connectivity index (χ0v) is 11.3. The van der Waals surface area contributed by atoms with Crippen LogP contribution >= 0.6 is 28.1 Å². The molecule has 0 aliphatic rings. The Morgan fingerprint density at radius 2 is 1.88 bits per heavy atom. The molecule has 17 heavy (non-hydrogen) atoms. The van der Waals surface area contributed by atoms with E-state index in [1.165, 1.54) is 0 Å². The fraction of sp³-hybridized carbons (Fsp3) is 0. The number of halogens is 1. The average Bonchev–Trinajstić information content (AvgIpc) is 2.32. The molecular weight excluding hydrogens is 298 g/mol. The van der Waals surface area contributed by atoms with E-state index in [1.54, 1.807) is 6.07 Å². The molecule has 2 aromatic rings. The summed E-state index contributed by atoms with van der Waals surface area (Å²) in [6.07, 6.45) is 0. The summed E-state index contributed by atoms with van der Waals surface area (Å²) < 4.78 is 1.04. The smallest absolute Gasteiger partial charge is 0.131 e. The first-order chi connectivity index (χ1) is 8.15. The highest BCUT2D eigenvalue weighted by atomic mass is 79.9. The van der Waals surface area contributed by atoms with Crippen molar-refractivity contribution < 1.29 is 0 Å². The van der Waals surface area contributed by atoms with Gasteiger partial charge in [-0.3, -0.25) is 0 Å². The van der Waals surface area contributed by atoms with Gasteiger partial charge >= 0.3 is 0 Å². The SMILES string of the molecule is NC(=S)c1cccc(Nc2ccc(Br)cc2)n1. The second kappa shape index (κ2) is 5.25. The maximum Gasteiger partial charge on any atom is 0.131 e. The van der Waals surface area contributed by atoms with Crippen molar-refractivity contribution in [3.05, 3.63) is 52.6 Å². The van der Waals surface area contributed by atoms with Crippen LogP contribution in [0.25, 0.3) is 0 Å². The fourth-order valence-corrected chi connectivity index (χ4v) is 1.70. The van der Waals surface area contributed by atoms with Crippen LogP contribution in [0.1, 0.15) is 5.69 Å². The Bertz CT molecular complexity index is 540. The summed E-state index contributed by atoms with van der Waals surface area (Å²) in [5.74, 6) is 0.720. The minimum absolute atomic E-state index is 0.296. The van der Waals surface area contributed by atoms with Crippen molar-refractivity contribution in [3.63, 3.8) is 0 Å². The van der Waals surface area contributed by atoms with Gasteiger partial charge in [0.15, 0.2) is 0 Å². The minimum atomic E-state index is 0.296. The van der Waals surface area contributed by atoms with Crippen LogP contribution in [-0.4, -0.2) is 9.97 Å². The van der Waals surface area contributed by atoms with E-state index in [0.717, 1.165) is 16.0 Å². The summed E-state index contributed by atoms with van der Waals surface area (Å²) in [6.45, 7) is 0. The zero-order valence-electron chi connectivity index (χ0n) is 8.85. The number of anilines is 2. The highest BCUT2D eigenvalue weighted by molar-refractivity contribution is 9.10. The van der Waals surface area contributed by atoms with E-state index in [0.29, 0.717) is 10.7 Å². The van der Waals surface area contributed by atoms with Crippen molar-refractivity contribution in [2.24, 2.45) is 5.73 Å². The van der Waals surface area contributed by atoms with Crippen LogP contribution in [0.3, 0.4) is 0 Å². The topological polar surface area (TPSA) is 50.9 Å². The number of nitrogens with two attached hydrogens (primary N) is 1. The maximum atomic E-state index is 5.53. The van der Waals surface area contributed by atoms with Crippen LogP contribution in [0.5, 0.6) is 0 Å². The third kappa shape index (κ3) is 3.25. The number of nitrogens with one attached hydrogen (secondary N) is 1. The number of nitrogens with zero attached hydrogens (tertiary/aromatic N) is 1. The zero-order chi connectivity index (χ0) is 12.3. The number of hydrogen-bond acceptors (Lipinski definition) is 3. The molecule has 0 unspecified atom stereocenters. The monoisotopic (exact) mass is 307 g/mol. The first-order valence-electron chi connectivity index (χ1n) is 4.94. The molecule has 3 N–H and O–H groups in total. The van der Waals surface area contributed by atoms with Crippen molar-refractivity contribution in [2.75, 3.05) is 5.32 Å². The lowest BCUT2D eigenvalue weighted by molar-refractivity contribution is 1.28. The van der Waals surface area contributed by atoms with Gasteiger partial charge in [0.05, 0.1) is 5.69 Å². The van der Waals surface area contributed by atoms with Crippen LogP contribution in [0.2, 0.25) is 0 Å². The Morgan fingerprint density at radius 3 is 2.53 bits per heavy atom. The molecular formula is C12H10BrN3S. The largest absolute Gasteiger partial charge is 0.388 e. The van der Waals surface area contributed by atoms with E-state index in [1.807, 2.05) is 36.4 Å². The van der Waals surface area contributed by atoms with Gasteiger partial charge in [-0.2, -0.15) is 0 Å². The van der Waals surface area contributed by atoms with Crippen LogP contribution in [0.15, 0.2) is 46.9 Å². The van der Waals surface area contributed by atoms with Crippen LogP contribution in [-0.2, 0) is 0 Å². The summed E-state index contributed by atoms with van der Waals surface area (Å²) in [4.78, 5) is 4.60. The van der Waals surface area contributed by atoms with Gasteiger partial charge in [-0.1, -0.05) is 34.2 Å². The van der Waals surface area contributed by atoms with E-state index in [2.05, 4.69) is 26.2 Å². The van der Waals surface area contributed by atoms with Gasteiger partial charge in [0, 0.05) is 10.2 Å². The Morgan fingerprint density at radius 1 is 1.18 bits per heavy atom. The van der Waals surface area contributed by atoms with E-state index < -0.39 is 0 Å². The van der Waals surface area contributed by atoms with E-state index in [9.17, 15) is 0 Å². The van der Waals surface area contributed by atoms with Crippen molar-refractivity contribution in [3.8, 4) is 0 Å². The number of benzene rings is 1. The highest BCUT2D eigenvalue weighted by Crippen LogP contribution is 2.18. The number of thiocarbonyl (C=S) groups is 1. The molecule has 2 rings (SSSR count). The predicted molar refractivity (Wildman–Crippen MR) is 77.5 cm³/mol. The minimum Gasteiger partial charge on any atom is -0.388 e. The maximum absolute atomic E-state index is 5.53. The molecule has 1 aromatic heterocycles. The van der Waals surface area contributed by atoms with E-state index >= 15 is 0 Å². The van der Waals surface area contributed by atoms with Crippen LogP contribution in [0, 0.1) is 0 Å². The second-order valence-corrected chi connectivity index (χ2v) is 4.76. The van der Waals surface area contributed by atoms with Gasteiger partial charge < -0.3 is 11.1 Å². The van der Waals surface area contributed by atoms with Gasteiger partial charge in [0.2, 0.25) is 0 Å². The molecule has 5 heteroatoms. The Balaban J connectivity index is 2.21. The molecule has 0 bridgehead atoms. The van der Waals surface area contributed by atoms with Gasteiger partial charge in [-0.25, -0.2) is 4.98 Å². The third-order valence-corrected chi connectivity index (χ3v) is 2.86. The summed E-state index contributed by atoms with van der Waals surface area (Å²) >= 11 is 8.27. The third-order valence-electron chi connectivity index (χ3n) is 2.12. The van der Waals surface area contributed by atoms with Crippen molar-refractivity contribution in [2.45, 2.75) is 0 Å². The highest BCUT2D eigenvalue weighted by Gasteiger charge is 2.00. The van der Waals surface area contributed by atoms with Gasteiger partial charge in [-0.05, 0) is 36.4 Å². The first-order valence-corrected chi connectivity index (χ1v) is 6.15. The predicted octanol–water partition coefficient (Wildman–Crippen LogP) is 3.22. The molecule has 0 aliphatic heterocycles. The first kappa shape index (κ1) is 12.0. The molecule has 0 spiro atoms. The lowest BCUT2D eigenvalue weighted by atomic mass is 10.3. The molecule has 0 atom stereocenters. The van der Waals surface area contributed by atoms with Crippen molar-refractivity contribution in [1.29, 1.82) is 0 Å². The summed E-state index contributed by atoms with van der Waals surface area (Å²) in [5, 5.41) is 3.18. The van der Waals surface area contributed by atoms with Gasteiger partial charge in [-0.15, -0.1) is 0 Å². The van der Waals surface area contributed by atoms with Gasteiger partial charge in [0.1, 0.15) is 10.8 Å². The molecule has 0 saturated heterocycles. The lowest BCUT2D eigenvalue weighted by Crippen LogP contribution is -2.12. The summed E-state index contributed by atoms with van der Waals surface area (Å²) in [5.41, 5.74) is 7.10. The Labute approximate surface area is 113 Å². The van der Waals surface area contributed by atoms with Gasteiger partial charge in [0.25, 0.3) is 0 Å². The van der Waals surface area contributed by atoms with Crippen molar-refractivity contribution in [1.82, 2.24) is 4.98 Å². The summed E-state index contributed by atoms with van der Waals surface area (Å²) in [6, 6.07) is 13.3. The molecule has 1 aromatic carbocycles. The molecule has 0 fully saturated rings. The number of aromatic nitrogens is 1. The molecule has 0 radical (unpaired) electrons. The Hall–Kier alpha value is -1.46. The molecule has 0 saturated carbocycles. The number of pyridine rings is 1. The number of rotatable bonds is 3. The molecule has 86 valence electrons. The van der Waals surface area contributed by atoms with Crippen molar-refractivity contribution >= 4 is 44.6 Å². The van der Waals surface area contributed by atoms with Crippen LogP contribution in [0.4, 0.5) is 11.5 Å². The quantitative estimate of drug-likeness (QED) is 0.855. The molecule has 0 aliphatic carbocycles. The molecule has 0 amide bonds. The Kier molecular flexibility index (Phi) is 3.71. The lowest BCUT2D eigenvalue weighted by Gasteiger charge is -2.06. The normalized spacial score (nSPS) is 9.94. The standard InChI is InChI=1S/C12H10BrN3S/c13-8-4-6-9(7-5-8)15-11-3-1-2-10(16-11)12(14)17/h1-7H,(H2,14,17)(H,15,16). The van der Waals surface area contributed by atoms with E-state index in [4.69, 9.17) is 18.0 Å². The molecule has 3 nitrogen and oxygen atoms in total. The van der Waals surface area contributed by atoms with E-state index in [-0.39, 0.29) is 0 Å². The average molecular weight is 308 g/mol.